The van der Waals surface area contributed by atoms with Crippen molar-refractivity contribution in [3.05, 3.63) is 28.7 Å². The number of carbonyl (C=O) groups excluding carboxylic acids is 1. The number of carbonyl (C=O) groups is 1. The second-order valence-corrected chi connectivity index (χ2v) is 3.38. The smallest absolute Gasteiger partial charge is 0.319 e. The molecule has 0 aliphatic heterocycles. The van der Waals surface area contributed by atoms with Gasteiger partial charge in [0.15, 0.2) is 0 Å². The summed E-state index contributed by atoms with van der Waals surface area (Å²) in [5, 5.41) is 5.70. The first kappa shape index (κ1) is 13.4. The summed E-state index contributed by atoms with van der Waals surface area (Å²) >= 11 is 0. The van der Waals surface area contributed by atoms with Gasteiger partial charge in [0, 0.05) is 6.54 Å². The van der Waals surface area contributed by atoms with Gasteiger partial charge < -0.3 is 10.1 Å². The lowest BCUT2D eigenvalue weighted by molar-refractivity contribution is -0.142. The molecule has 1 N–H and O–H groups in total. The molecule has 0 saturated carbocycles. The first-order valence-corrected chi connectivity index (χ1v) is 5.25. The van der Waals surface area contributed by atoms with E-state index in [1.165, 1.54) is 6.07 Å². The molecule has 5 nitrogen and oxygen atoms in total. The van der Waals surface area contributed by atoms with Crippen molar-refractivity contribution in [3.63, 3.8) is 0 Å². The molecule has 0 aliphatic carbocycles. The molecule has 1 rings (SSSR count). The second-order valence-electron chi connectivity index (χ2n) is 3.38. The highest BCUT2D eigenvalue weighted by Crippen LogP contribution is 2.11. The van der Waals surface area contributed by atoms with Gasteiger partial charge in [-0.2, -0.15) is 0 Å². The normalized spacial score (nSPS) is 9.94. The van der Waals surface area contributed by atoms with Crippen LogP contribution in [-0.4, -0.2) is 27.0 Å². The Balaban J connectivity index is 2.51. The van der Waals surface area contributed by atoms with Crippen LogP contribution in [0.15, 0.2) is 23.4 Å². The Morgan fingerprint density at radius 3 is 2.94 bits per heavy atom. The molecule has 0 aliphatic rings. The van der Waals surface area contributed by atoms with Crippen LogP contribution >= 0.6 is 0 Å². The van der Waals surface area contributed by atoms with E-state index >= 15 is 0 Å². The number of nitrogens with zero attached hydrogens (tertiary/aromatic N) is 1. The lowest BCUT2D eigenvalue weighted by Crippen LogP contribution is -2.26. The van der Waals surface area contributed by atoms with Crippen molar-refractivity contribution in [2.75, 3.05) is 13.2 Å². The van der Waals surface area contributed by atoms with Crippen molar-refractivity contribution in [2.45, 2.75) is 13.5 Å². The molecule has 0 aromatic heterocycles. The lowest BCUT2D eigenvalue weighted by Gasteiger charge is -2.08. The molecule has 88 valence electrons. The number of benzene rings is 1. The van der Waals surface area contributed by atoms with E-state index in [2.05, 4.69) is 10.5 Å². The molecule has 17 heavy (non-hydrogen) atoms. The first-order chi connectivity index (χ1) is 8.17. The van der Waals surface area contributed by atoms with Gasteiger partial charge in [-0.15, -0.1) is 4.91 Å². The summed E-state index contributed by atoms with van der Waals surface area (Å²) in [5.74, 6) is -0.323. The molecule has 0 amide bonds. The van der Waals surface area contributed by atoms with Crippen molar-refractivity contribution in [3.8, 4) is 0 Å². The Morgan fingerprint density at radius 1 is 1.53 bits per heavy atom. The van der Waals surface area contributed by atoms with Gasteiger partial charge in [-0.3, -0.25) is 4.79 Å². The van der Waals surface area contributed by atoms with Crippen LogP contribution in [0, 0.1) is 4.91 Å². The third kappa shape index (κ3) is 4.36. The Labute approximate surface area is 101 Å². The van der Waals surface area contributed by atoms with Gasteiger partial charge >= 0.3 is 5.97 Å². The minimum absolute atomic E-state index is 0.103. The molecule has 0 bridgehead atoms. The average Bonchev–Trinajstić information content (AvgIpc) is 2.32. The maximum absolute atomic E-state index is 11.1. The fourth-order valence-electron chi connectivity index (χ4n) is 1.31. The third-order valence-corrected chi connectivity index (χ3v) is 2.12. The van der Waals surface area contributed by atoms with Crippen LogP contribution in [0.2, 0.25) is 0 Å². The molecule has 0 unspecified atom stereocenters. The summed E-state index contributed by atoms with van der Waals surface area (Å²) in [6.45, 7) is 2.59. The molecule has 0 atom stereocenters. The summed E-state index contributed by atoms with van der Waals surface area (Å²) in [6, 6.07) is 4.73. The van der Waals surface area contributed by atoms with Gasteiger partial charge in [0.2, 0.25) is 0 Å². The zero-order valence-electron chi connectivity index (χ0n) is 9.60. The van der Waals surface area contributed by atoms with Crippen LogP contribution < -0.4 is 10.8 Å². The Kier molecular flexibility index (Phi) is 5.35. The van der Waals surface area contributed by atoms with Crippen molar-refractivity contribution in [1.29, 1.82) is 0 Å². The summed E-state index contributed by atoms with van der Waals surface area (Å²) < 4.78 is 4.75. The fraction of sp³-hybridized carbons (Fsp3) is 0.364. The Morgan fingerprint density at radius 2 is 2.29 bits per heavy atom. The predicted octanol–water partition coefficient (Wildman–Crippen LogP) is 0.531. The van der Waals surface area contributed by atoms with E-state index in [1.807, 2.05) is 0 Å². The van der Waals surface area contributed by atoms with Gasteiger partial charge in [0.25, 0.3) is 0 Å². The van der Waals surface area contributed by atoms with Gasteiger partial charge in [0.1, 0.15) is 13.5 Å². The number of nitroso groups, excluding NO2 is 1. The molecule has 1 aromatic carbocycles. The van der Waals surface area contributed by atoms with Gasteiger partial charge in [-0.25, -0.2) is 0 Å². The van der Waals surface area contributed by atoms with Crippen LogP contribution in [0.1, 0.15) is 12.5 Å². The maximum Gasteiger partial charge on any atom is 0.319 e. The summed E-state index contributed by atoms with van der Waals surface area (Å²) in [4.78, 5) is 21.4. The van der Waals surface area contributed by atoms with Crippen molar-refractivity contribution >= 4 is 25.0 Å². The minimum atomic E-state index is -0.323. The molecule has 1 aromatic rings. The van der Waals surface area contributed by atoms with Gasteiger partial charge in [0.05, 0.1) is 13.2 Å². The van der Waals surface area contributed by atoms with E-state index in [0.29, 0.717) is 24.3 Å². The first-order valence-electron chi connectivity index (χ1n) is 5.25. The van der Waals surface area contributed by atoms with Crippen LogP contribution in [0.3, 0.4) is 0 Å². The average molecular weight is 232 g/mol. The summed E-state index contributed by atoms with van der Waals surface area (Å²) in [5.41, 5.74) is 1.59. The van der Waals surface area contributed by atoms with E-state index < -0.39 is 0 Å². The highest BCUT2D eigenvalue weighted by molar-refractivity contribution is 6.33. The standard InChI is InChI=1S/C11H13BN2O3/c1-2-17-11(15)7-13-6-8-5-9(14-16)3-4-10(8)12/h3-5,13H,2,6-7H2,1H3. The summed E-state index contributed by atoms with van der Waals surface area (Å²) in [7, 11) is 5.72. The fourth-order valence-corrected chi connectivity index (χ4v) is 1.31. The number of rotatable bonds is 6. The largest absolute Gasteiger partial charge is 0.465 e. The highest BCUT2D eigenvalue weighted by atomic mass is 16.5. The number of hydrogen-bond donors (Lipinski definition) is 1. The molecule has 0 spiro atoms. The van der Waals surface area contributed by atoms with E-state index in [1.54, 1.807) is 19.1 Å². The van der Waals surface area contributed by atoms with Crippen molar-refractivity contribution in [2.24, 2.45) is 5.18 Å². The highest BCUT2D eigenvalue weighted by Gasteiger charge is 2.03. The SMILES string of the molecule is [B]c1ccc(N=O)cc1CNCC(=O)OCC. The van der Waals surface area contributed by atoms with Crippen LogP contribution in [0.4, 0.5) is 5.69 Å². The molecule has 6 heteroatoms. The Bertz CT molecular complexity index is 410. The number of ether oxygens (including phenoxy) is 1. The number of hydrogen-bond acceptors (Lipinski definition) is 5. The monoisotopic (exact) mass is 232 g/mol. The lowest BCUT2D eigenvalue weighted by atomic mass is 9.90. The molecule has 2 radical (unpaired) electrons. The zero-order valence-corrected chi connectivity index (χ0v) is 9.60. The summed E-state index contributed by atoms with van der Waals surface area (Å²) in [6.07, 6.45) is 0. The molecular formula is C11H13BN2O3. The van der Waals surface area contributed by atoms with Crippen molar-refractivity contribution < 1.29 is 9.53 Å². The Hall–Kier alpha value is -1.69. The van der Waals surface area contributed by atoms with E-state index in [9.17, 15) is 9.70 Å². The maximum atomic E-state index is 11.1. The molecule has 0 fully saturated rings. The minimum Gasteiger partial charge on any atom is -0.465 e. The number of nitrogens with one attached hydrogen (secondary N) is 1. The van der Waals surface area contributed by atoms with Gasteiger partial charge in [-0.05, 0) is 29.8 Å². The number of esters is 1. The van der Waals surface area contributed by atoms with E-state index in [0.717, 1.165) is 5.56 Å². The quantitative estimate of drug-likeness (QED) is 0.441. The third-order valence-electron chi connectivity index (χ3n) is 2.12. The van der Waals surface area contributed by atoms with Crippen LogP contribution in [-0.2, 0) is 16.1 Å². The molecular weight excluding hydrogens is 219 g/mol. The van der Waals surface area contributed by atoms with Crippen molar-refractivity contribution in [1.82, 2.24) is 5.32 Å². The molecule has 0 heterocycles. The predicted molar refractivity (Wildman–Crippen MR) is 65.6 cm³/mol. The van der Waals surface area contributed by atoms with Crippen LogP contribution in [0.5, 0.6) is 0 Å². The topological polar surface area (TPSA) is 67.8 Å². The van der Waals surface area contributed by atoms with Crippen LogP contribution in [0.25, 0.3) is 0 Å². The second kappa shape index (κ2) is 6.80. The zero-order chi connectivity index (χ0) is 12.7. The van der Waals surface area contributed by atoms with Gasteiger partial charge in [-0.1, -0.05) is 11.5 Å². The molecule has 0 saturated heterocycles. The van der Waals surface area contributed by atoms with E-state index in [-0.39, 0.29) is 12.5 Å². The van der Waals surface area contributed by atoms with E-state index in [4.69, 9.17) is 12.6 Å².